The highest BCUT2D eigenvalue weighted by Gasteiger charge is 2.46. The van der Waals surface area contributed by atoms with Crippen molar-refractivity contribution in [3.8, 4) is 0 Å². The highest BCUT2D eigenvalue weighted by Crippen LogP contribution is 2.48. The van der Waals surface area contributed by atoms with Gasteiger partial charge in [0.15, 0.2) is 0 Å². The third kappa shape index (κ3) is 3.90. The molecule has 0 N–H and O–H groups in total. The van der Waals surface area contributed by atoms with Gasteiger partial charge in [-0.15, -0.1) is 0 Å². The molecular weight excluding hydrogens is 389 g/mol. The number of halogens is 1. The third-order valence-corrected chi connectivity index (χ3v) is 5.94. The summed E-state index contributed by atoms with van der Waals surface area (Å²) in [6.07, 6.45) is 0.761. The van der Waals surface area contributed by atoms with E-state index in [0.29, 0.717) is 31.7 Å². The molecular formula is C22H22FN3O4. The Labute approximate surface area is 173 Å². The lowest BCUT2D eigenvalue weighted by atomic mass is 10.1. The Morgan fingerprint density at radius 1 is 1.03 bits per heavy atom. The zero-order chi connectivity index (χ0) is 21.4. The van der Waals surface area contributed by atoms with Crippen molar-refractivity contribution < 1.29 is 18.9 Å². The molecule has 0 bridgehead atoms. The molecule has 1 aliphatic heterocycles. The lowest BCUT2D eigenvalue weighted by molar-refractivity contribution is -0.385. The smallest absolute Gasteiger partial charge is 0.273 e. The maximum atomic E-state index is 13.1. The molecule has 2 atom stereocenters. The molecule has 2 aliphatic rings. The van der Waals surface area contributed by atoms with Crippen LogP contribution in [0.25, 0.3) is 0 Å². The van der Waals surface area contributed by atoms with Gasteiger partial charge in [0.2, 0.25) is 5.91 Å². The molecule has 1 saturated carbocycles. The summed E-state index contributed by atoms with van der Waals surface area (Å²) in [5.41, 5.74) is 1.69. The van der Waals surface area contributed by atoms with Crippen LogP contribution < -0.4 is 0 Å². The molecule has 2 fully saturated rings. The summed E-state index contributed by atoms with van der Waals surface area (Å²) in [6, 6.07) is 10.8. The predicted molar refractivity (Wildman–Crippen MR) is 108 cm³/mol. The number of nitro benzene ring substituents is 1. The first kappa shape index (κ1) is 20.0. The van der Waals surface area contributed by atoms with E-state index in [9.17, 15) is 24.1 Å². The zero-order valence-electron chi connectivity index (χ0n) is 16.6. The van der Waals surface area contributed by atoms with Crippen LogP contribution in [0.5, 0.6) is 0 Å². The first-order chi connectivity index (χ1) is 14.3. The first-order valence-corrected chi connectivity index (χ1v) is 9.93. The number of carbonyl (C=O) groups is 2. The number of amides is 2. The molecule has 156 valence electrons. The number of nitrogens with zero attached hydrogens (tertiary/aromatic N) is 3. The van der Waals surface area contributed by atoms with E-state index in [0.717, 1.165) is 12.0 Å². The Morgan fingerprint density at radius 2 is 1.67 bits per heavy atom. The second-order valence-corrected chi connectivity index (χ2v) is 7.88. The van der Waals surface area contributed by atoms with Crippen molar-refractivity contribution in [2.45, 2.75) is 19.3 Å². The number of benzene rings is 2. The summed E-state index contributed by atoms with van der Waals surface area (Å²) in [7, 11) is 0. The van der Waals surface area contributed by atoms with Crippen LogP contribution in [0.3, 0.4) is 0 Å². The largest absolute Gasteiger partial charge is 0.339 e. The molecule has 2 amide bonds. The Morgan fingerprint density at radius 3 is 2.30 bits per heavy atom. The average Bonchev–Trinajstić information content (AvgIpc) is 3.54. The maximum Gasteiger partial charge on any atom is 0.273 e. The lowest BCUT2D eigenvalue weighted by Gasteiger charge is -2.35. The monoisotopic (exact) mass is 411 g/mol. The van der Waals surface area contributed by atoms with E-state index < -0.39 is 4.92 Å². The fourth-order valence-electron chi connectivity index (χ4n) is 4.03. The molecule has 2 unspecified atom stereocenters. The number of hydrogen-bond donors (Lipinski definition) is 0. The predicted octanol–water partition coefficient (Wildman–Crippen LogP) is 3.13. The Balaban J connectivity index is 1.34. The van der Waals surface area contributed by atoms with Gasteiger partial charge in [0.05, 0.1) is 4.92 Å². The minimum absolute atomic E-state index is 0.0717. The molecule has 0 spiro atoms. The van der Waals surface area contributed by atoms with Crippen LogP contribution in [-0.4, -0.2) is 52.7 Å². The third-order valence-electron chi connectivity index (χ3n) is 5.94. The number of carbonyl (C=O) groups excluding carboxylic acids is 2. The second-order valence-electron chi connectivity index (χ2n) is 7.88. The highest BCUT2D eigenvalue weighted by atomic mass is 19.1. The van der Waals surface area contributed by atoms with Gasteiger partial charge >= 0.3 is 0 Å². The van der Waals surface area contributed by atoms with Crippen molar-refractivity contribution in [2.75, 3.05) is 26.2 Å². The van der Waals surface area contributed by atoms with Crippen molar-refractivity contribution in [1.82, 2.24) is 9.80 Å². The molecule has 1 heterocycles. The fourth-order valence-corrected chi connectivity index (χ4v) is 4.03. The standard InChI is InChI=1S/C22H22FN3O4/c1-14-2-3-16(12-20(14)26(29)30)21(27)24-8-10-25(11-9-24)22(28)19-13-18(19)15-4-6-17(23)7-5-15/h2-7,12,18-19H,8-11,13H2,1H3. The molecule has 2 aromatic rings. The van der Waals surface area contributed by atoms with E-state index in [1.54, 1.807) is 41.0 Å². The fraction of sp³-hybridized carbons (Fsp3) is 0.364. The van der Waals surface area contributed by atoms with Crippen LogP contribution in [0.4, 0.5) is 10.1 Å². The molecule has 30 heavy (non-hydrogen) atoms. The molecule has 0 aromatic heterocycles. The molecule has 7 nitrogen and oxygen atoms in total. The van der Waals surface area contributed by atoms with Gasteiger partial charge < -0.3 is 9.80 Å². The number of hydrogen-bond acceptors (Lipinski definition) is 4. The summed E-state index contributed by atoms with van der Waals surface area (Å²) >= 11 is 0. The lowest BCUT2D eigenvalue weighted by Crippen LogP contribution is -2.51. The summed E-state index contributed by atoms with van der Waals surface area (Å²) < 4.78 is 13.1. The van der Waals surface area contributed by atoms with Crippen LogP contribution in [0, 0.1) is 28.8 Å². The van der Waals surface area contributed by atoms with E-state index in [1.165, 1.54) is 18.2 Å². The van der Waals surface area contributed by atoms with Crippen LogP contribution in [0.2, 0.25) is 0 Å². The SMILES string of the molecule is Cc1ccc(C(=O)N2CCN(C(=O)C3CC3c3ccc(F)cc3)CC2)cc1[N+](=O)[O-]. The molecule has 1 aliphatic carbocycles. The van der Waals surface area contributed by atoms with E-state index in [-0.39, 0.29) is 40.7 Å². The van der Waals surface area contributed by atoms with Gasteiger partial charge in [-0.05, 0) is 43.0 Å². The summed E-state index contributed by atoms with van der Waals surface area (Å²) in [5, 5.41) is 11.1. The molecule has 0 radical (unpaired) electrons. The number of nitro groups is 1. The van der Waals surface area contributed by atoms with Gasteiger partial charge in [-0.1, -0.05) is 18.2 Å². The van der Waals surface area contributed by atoms with Gasteiger partial charge in [0.25, 0.3) is 11.6 Å². The molecule has 2 aromatic carbocycles. The van der Waals surface area contributed by atoms with Gasteiger partial charge in [-0.2, -0.15) is 0 Å². The zero-order valence-corrected chi connectivity index (χ0v) is 16.6. The van der Waals surface area contributed by atoms with Crippen molar-refractivity contribution in [3.05, 3.63) is 75.1 Å². The van der Waals surface area contributed by atoms with Crippen LogP contribution in [-0.2, 0) is 4.79 Å². The number of rotatable bonds is 4. The Kier molecular flexibility index (Phi) is 5.24. The van der Waals surface area contributed by atoms with Gasteiger partial charge in [0, 0.05) is 49.3 Å². The first-order valence-electron chi connectivity index (χ1n) is 9.93. The van der Waals surface area contributed by atoms with Gasteiger partial charge in [0.1, 0.15) is 5.82 Å². The Bertz CT molecular complexity index is 1000. The summed E-state index contributed by atoms with van der Waals surface area (Å²) in [4.78, 5) is 39.6. The molecule has 4 rings (SSSR count). The van der Waals surface area contributed by atoms with Crippen molar-refractivity contribution >= 4 is 17.5 Å². The van der Waals surface area contributed by atoms with Crippen molar-refractivity contribution in [2.24, 2.45) is 5.92 Å². The quantitative estimate of drug-likeness (QED) is 0.572. The normalized spacial score (nSPS) is 20.7. The summed E-state index contributed by atoms with van der Waals surface area (Å²) in [5.74, 6) is -0.437. The van der Waals surface area contributed by atoms with Crippen LogP contribution in [0.1, 0.15) is 33.8 Å². The minimum Gasteiger partial charge on any atom is -0.339 e. The van der Waals surface area contributed by atoms with E-state index in [4.69, 9.17) is 0 Å². The highest BCUT2D eigenvalue weighted by molar-refractivity contribution is 5.95. The number of piperazine rings is 1. The van der Waals surface area contributed by atoms with Crippen LogP contribution in [0.15, 0.2) is 42.5 Å². The minimum atomic E-state index is -0.490. The maximum absolute atomic E-state index is 13.1. The van der Waals surface area contributed by atoms with E-state index in [2.05, 4.69) is 0 Å². The average molecular weight is 411 g/mol. The van der Waals surface area contributed by atoms with Gasteiger partial charge in [-0.25, -0.2) is 4.39 Å². The molecule has 8 heteroatoms. The van der Waals surface area contributed by atoms with Crippen molar-refractivity contribution in [3.63, 3.8) is 0 Å². The number of aryl methyl sites for hydroxylation is 1. The topological polar surface area (TPSA) is 83.8 Å². The Hall–Kier alpha value is -3.29. The van der Waals surface area contributed by atoms with Gasteiger partial charge in [-0.3, -0.25) is 19.7 Å². The second kappa shape index (κ2) is 7.85. The van der Waals surface area contributed by atoms with Crippen molar-refractivity contribution in [1.29, 1.82) is 0 Å². The van der Waals surface area contributed by atoms with E-state index >= 15 is 0 Å². The summed E-state index contributed by atoms with van der Waals surface area (Å²) in [6.45, 7) is 3.28. The van der Waals surface area contributed by atoms with Crippen LogP contribution >= 0.6 is 0 Å². The molecule has 1 saturated heterocycles. The van der Waals surface area contributed by atoms with E-state index in [1.807, 2.05) is 0 Å².